The molecule has 1 aromatic heterocycles. The Morgan fingerprint density at radius 1 is 1.31 bits per heavy atom. The summed E-state index contributed by atoms with van der Waals surface area (Å²) >= 11 is 4.64. The maximum atomic E-state index is 12.2. The molecule has 3 rings (SSSR count). The lowest BCUT2D eigenvalue weighted by molar-refractivity contribution is 0.284. The highest BCUT2D eigenvalue weighted by Crippen LogP contribution is 2.35. The fraction of sp³-hybridized carbons (Fsp3) is 0.200. The first-order valence-corrected chi connectivity index (χ1v) is 12.0. The Bertz CT molecular complexity index is 1150. The van der Waals surface area contributed by atoms with E-state index in [4.69, 9.17) is 13.9 Å². The minimum Gasteiger partial charge on any atom is -0.493 e. The number of hydrogen-bond acceptors (Lipinski definition) is 6. The first kappa shape index (κ1) is 21.8. The molecule has 0 fully saturated rings. The van der Waals surface area contributed by atoms with Crippen LogP contribution in [0.4, 0.5) is 0 Å². The number of para-hydroxylation sites is 1. The van der Waals surface area contributed by atoms with E-state index in [1.165, 1.54) is 7.05 Å². The van der Waals surface area contributed by atoms with Gasteiger partial charge in [-0.15, -0.1) is 11.8 Å². The Balaban J connectivity index is 1.97. The smallest absolute Gasteiger partial charge is 0.246 e. The van der Waals surface area contributed by atoms with Gasteiger partial charge in [-0.3, -0.25) is 0 Å². The number of furan rings is 1. The number of halogens is 1. The van der Waals surface area contributed by atoms with Gasteiger partial charge in [-0.2, -0.15) is 0 Å². The number of sulfonamides is 1. The van der Waals surface area contributed by atoms with E-state index < -0.39 is 10.0 Å². The summed E-state index contributed by atoms with van der Waals surface area (Å²) in [6.07, 6.45) is 4.91. The highest BCUT2D eigenvalue weighted by molar-refractivity contribution is 9.10. The van der Waals surface area contributed by atoms with Gasteiger partial charge in [0.1, 0.15) is 16.4 Å². The number of hydrogen-bond donors (Lipinski definition) is 1. The van der Waals surface area contributed by atoms with E-state index in [2.05, 4.69) is 20.7 Å². The Labute approximate surface area is 182 Å². The van der Waals surface area contributed by atoms with Crippen LogP contribution < -0.4 is 14.2 Å². The van der Waals surface area contributed by atoms with E-state index in [1.807, 2.05) is 18.2 Å². The fourth-order valence-corrected chi connectivity index (χ4v) is 5.24. The summed E-state index contributed by atoms with van der Waals surface area (Å²) in [5, 5.41) is 0.961. The maximum Gasteiger partial charge on any atom is 0.246 e. The van der Waals surface area contributed by atoms with E-state index in [1.54, 1.807) is 43.9 Å². The molecule has 2 aromatic carbocycles. The number of nitrogens with one attached hydrogen (secondary N) is 1. The first-order chi connectivity index (χ1) is 13.9. The molecular weight excluding hydrogens is 478 g/mol. The average molecular weight is 498 g/mol. The highest BCUT2D eigenvalue weighted by Gasteiger charge is 2.17. The van der Waals surface area contributed by atoms with Crippen LogP contribution in [0.2, 0.25) is 0 Å². The zero-order chi connectivity index (χ0) is 21.0. The van der Waals surface area contributed by atoms with Gasteiger partial charge in [-0.1, -0.05) is 12.1 Å². The van der Waals surface area contributed by atoms with Crippen LogP contribution in [0.3, 0.4) is 0 Å². The lowest BCUT2D eigenvalue weighted by Gasteiger charge is -2.15. The normalized spacial score (nSPS) is 12.3. The maximum absolute atomic E-state index is 12.2. The third-order valence-electron chi connectivity index (χ3n) is 4.19. The second kappa shape index (κ2) is 9.25. The molecule has 1 N–H and O–H groups in total. The van der Waals surface area contributed by atoms with Crippen molar-refractivity contribution in [1.29, 1.82) is 0 Å². The summed E-state index contributed by atoms with van der Waals surface area (Å²) in [6, 6.07) is 11.1. The molecule has 0 aliphatic rings. The van der Waals surface area contributed by atoms with E-state index in [0.29, 0.717) is 17.1 Å². The van der Waals surface area contributed by atoms with Crippen molar-refractivity contribution >= 4 is 54.8 Å². The molecular formula is C20H20BrNO5S2. The van der Waals surface area contributed by atoms with Crippen LogP contribution in [0.5, 0.6) is 11.5 Å². The molecule has 3 aromatic rings. The second-order valence-corrected chi connectivity index (χ2v) is 9.77. The van der Waals surface area contributed by atoms with Crippen molar-refractivity contribution < 1.29 is 22.3 Å². The van der Waals surface area contributed by atoms with Crippen LogP contribution in [0.15, 0.2) is 55.8 Å². The quantitative estimate of drug-likeness (QED) is 0.472. The van der Waals surface area contributed by atoms with Gasteiger partial charge in [-0.05, 0) is 65.1 Å². The topological polar surface area (TPSA) is 77.8 Å². The van der Waals surface area contributed by atoms with Gasteiger partial charge in [0.05, 0.1) is 17.8 Å². The predicted octanol–water partition coefficient (Wildman–Crippen LogP) is 4.99. The molecule has 0 amide bonds. The summed E-state index contributed by atoms with van der Waals surface area (Å²) in [5.74, 6) is 0.987. The standard InChI is InChI=1S/C20H20BrNO5S2/c1-22-29(23,24)18(28-3)11-14-5-4-6-17(25-2)20(14)27-12-13-9-15-7-8-26-19(15)16(21)10-13/h4-11,22H,12H2,1-3H3/b18-11+. The second-order valence-electron chi connectivity index (χ2n) is 5.96. The molecule has 0 bridgehead atoms. The summed E-state index contributed by atoms with van der Waals surface area (Å²) in [4.78, 5) is 0. The summed E-state index contributed by atoms with van der Waals surface area (Å²) in [6.45, 7) is 0.272. The molecule has 0 saturated carbocycles. The minimum atomic E-state index is -3.57. The van der Waals surface area contributed by atoms with Gasteiger partial charge < -0.3 is 13.9 Å². The molecule has 1 heterocycles. The largest absolute Gasteiger partial charge is 0.493 e. The number of ether oxygens (including phenoxy) is 2. The highest BCUT2D eigenvalue weighted by atomic mass is 79.9. The van der Waals surface area contributed by atoms with Crippen molar-refractivity contribution in [2.75, 3.05) is 20.4 Å². The Kier molecular flexibility index (Phi) is 6.94. The SMILES string of the molecule is CNS(=O)(=O)/C(=C/c1cccc(OC)c1OCc1cc(Br)c2occc2c1)SC. The number of benzene rings is 2. The lowest BCUT2D eigenvalue weighted by atomic mass is 10.1. The van der Waals surface area contributed by atoms with Crippen LogP contribution in [-0.2, 0) is 16.6 Å². The molecule has 9 heteroatoms. The molecule has 29 heavy (non-hydrogen) atoms. The molecule has 0 spiro atoms. The zero-order valence-corrected chi connectivity index (χ0v) is 19.3. The van der Waals surface area contributed by atoms with E-state index in [0.717, 1.165) is 32.8 Å². The third-order valence-corrected chi connectivity index (χ3v) is 7.64. The average Bonchev–Trinajstić information content (AvgIpc) is 3.19. The van der Waals surface area contributed by atoms with Crippen molar-refractivity contribution in [2.24, 2.45) is 0 Å². The number of methoxy groups -OCH3 is 1. The van der Waals surface area contributed by atoms with Gasteiger partial charge in [0.25, 0.3) is 0 Å². The number of fused-ring (bicyclic) bond motifs is 1. The predicted molar refractivity (Wildman–Crippen MR) is 121 cm³/mol. The third kappa shape index (κ3) is 4.80. The molecule has 0 saturated heterocycles. The van der Waals surface area contributed by atoms with Crippen molar-refractivity contribution in [2.45, 2.75) is 6.61 Å². The van der Waals surface area contributed by atoms with Crippen molar-refractivity contribution in [3.63, 3.8) is 0 Å². The molecule has 0 aliphatic heterocycles. The van der Waals surface area contributed by atoms with Gasteiger partial charge in [0, 0.05) is 10.9 Å². The molecule has 0 aliphatic carbocycles. The minimum absolute atomic E-state index is 0.181. The molecule has 6 nitrogen and oxygen atoms in total. The Morgan fingerprint density at radius 3 is 2.79 bits per heavy atom. The van der Waals surface area contributed by atoms with E-state index >= 15 is 0 Å². The zero-order valence-electron chi connectivity index (χ0n) is 16.1. The van der Waals surface area contributed by atoms with Gasteiger partial charge in [-0.25, -0.2) is 13.1 Å². The van der Waals surface area contributed by atoms with Crippen LogP contribution in [0.25, 0.3) is 17.0 Å². The van der Waals surface area contributed by atoms with Crippen LogP contribution >= 0.6 is 27.7 Å². The van der Waals surface area contributed by atoms with Crippen molar-refractivity contribution in [3.8, 4) is 11.5 Å². The molecule has 0 radical (unpaired) electrons. The van der Waals surface area contributed by atoms with Crippen LogP contribution in [0.1, 0.15) is 11.1 Å². The van der Waals surface area contributed by atoms with Gasteiger partial charge in [0.15, 0.2) is 11.5 Å². The monoisotopic (exact) mass is 497 g/mol. The Hall–Kier alpha value is -1.94. The molecule has 0 atom stereocenters. The Morgan fingerprint density at radius 2 is 2.10 bits per heavy atom. The van der Waals surface area contributed by atoms with E-state index in [9.17, 15) is 8.42 Å². The van der Waals surface area contributed by atoms with Gasteiger partial charge >= 0.3 is 0 Å². The number of rotatable bonds is 8. The van der Waals surface area contributed by atoms with Gasteiger partial charge in [0.2, 0.25) is 10.0 Å². The van der Waals surface area contributed by atoms with Crippen LogP contribution in [-0.4, -0.2) is 28.8 Å². The summed E-state index contributed by atoms with van der Waals surface area (Å²) in [5.41, 5.74) is 2.31. The summed E-state index contributed by atoms with van der Waals surface area (Å²) in [7, 11) is -0.648. The number of thioether (sulfide) groups is 1. The van der Waals surface area contributed by atoms with Crippen molar-refractivity contribution in [1.82, 2.24) is 4.72 Å². The van der Waals surface area contributed by atoms with Crippen molar-refractivity contribution in [3.05, 3.63) is 62.5 Å². The molecule has 154 valence electrons. The first-order valence-electron chi connectivity index (χ1n) is 8.54. The molecule has 0 unspecified atom stereocenters. The summed E-state index contributed by atoms with van der Waals surface area (Å²) < 4.78 is 44.8. The lowest BCUT2D eigenvalue weighted by Crippen LogP contribution is -2.18. The van der Waals surface area contributed by atoms with E-state index in [-0.39, 0.29) is 10.8 Å². The van der Waals surface area contributed by atoms with Crippen LogP contribution in [0, 0.1) is 0 Å². The fourth-order valence-electron chi connectivity index (χ4n) is 2.77.